The first-order chi connectivity index (χ1) is 15.2. The molecule has 0 bridgehead atoms. The van der Waals surface area contributed by atoms with Crippen LogP contribution in [0.1, 0.15) is 35.6 Å². The number of nitrogens with one attached hydrogen (secondary N) is 1. The molecular weight excluding hydrogens is 402 g/mol. The van der Waals surface area contributed by atoms with Crippen LogP contribution in [0, 0.1) is 13.8 Å². The first kappa shape index (κ1) is 25.1. The molecule has 0 spiro atoms. The van der Waals surface area contributed by atoms with E-state index in [0.717, 1.165) is 29.5 Å². The third-order valence-electron chi connectivity index (χ3n) is 5.66. The molecule has 6 nitrogen and oxygen atoms in total. The van der Waals surface area contributed by atoms with Gasteiger partial charge in [-0.05, 0) is 74.4 Å². The van der Waals surface area contributed by atoms with E-state index in [2.05, 4.69) is 24.0 Å². The average molecular weight is 438 g/mol. The van der Waals surface area contributed by atoms with E-state index in [-0.39, 0.29) is 24.1 Å². The van der Waals surface area contributed by atoms with Gasteiger partial charge in [-0.15, -0.1) is 6.58 Å². The summed E-state index contributed by atoms with van der Waals surface area (Å²) in [5, 5.41) is 12.7. The van der Waals surface area contributed by atoms with Gasteiger partial charge in [0.1, 0.15) is 11.8 Å². The van der Waals surface area contributed by atoms with Gasteiger partial charge in [0.25, 0.3) is 0 Å². The predicted molar refractivity (Wildman–Crippen MR) is 128 cm³/mol. The van der Waals surface area contributed by atoms with Gasteiger partial charge in [0, 0.05) is 13.1 Å². The zero-order valence-corrected chi connectivity index (χ0v) is 19.3. The minimum atomic E-state index is -0.801. The second-order valence-electron chi connectivity index (χ2n) is 8.20. The minimum absolute atomic E-state index is 0.189. The van der Waals surface area contributed by atoms with Gasteiger partial charge >= 0.3 is 0 Å². The number of nitrogens with two attached hydrogens (primary N) is 1. The number of amides is 2. The van der Waals surface area contributed by atoms with Crippen molar-refractivity contribution in [3.8, 4) is 5.75 Å². The summed E-state index contributed by atoms with van der Waals surface area (Å²) in [4.78, 5) is 27.3. The summed E-state index contributed by atoms with van der Waals surface area (Å²) in [5.41, 5.74) is 10.2. The van der Waals surface area contributed by atoms with E-state index in [4.69, 9.17) is 5.73 Å². The molecule has 0 aliphatic rings. The summed E-state index contributed by atoms with van der Waals surface area (Å²) in [7, 11) is 0. The molecule has 0 unspecified atom stereocenters. The molecule has 0 aliphatic heterocycles. The maximum Gasteiger partial charge on any atom is 0.242 e. The van der Waals surface area contributed by atoms with Gasteiger partial charge in [0.2, 0.25) is 11.8 Å². The molecule has 2 aromatic rings. The molecule has 2 aromatic carbocycles. The van der Waals surface area contributed by atoms with Gasteiger partial charge in [0.15, 0.2) is 0 Å². The summed E-state index contributed by atoms with van der Waals surface area (Å²) >= 11 is 0. The quantitative estimate of drug-likeness (QED) is 0.372. The Bertz CT molecular complexity index is 904. The summed E-state index contributed by atoms with van der Waals surface area (Å²) in [6, 6.07) is 12.0. The van der Waals surface area contributed by atoms with Crippen molar-refractivity contribution in [3.63, 3.8) is 0 Å². The lowest BCUT2D eigenvalue weighted by Crippen LogP contribution is -2.53. The molecule has 0 saturated carbocycles. The Kier molecular flexibility index (Phi) is 9.47. The van der Waals surface area contributed by atoms with Crippen molar-refractivity contribution in [3.05, 3.63) is 77.4 Å². The van der Waals surface area contributed by atoms with Gasteiger partial charge in [-0.3, -0.25) is 9.59 Å². The van der Waals surface area contributed by atoms with E-state index in [9.17, 15) is 14.7 Å². The second kappa shape index (κ2) is 12.1. The summed E-state index contributed by atoms with van der Waals surface area (Å²) in [6.45, 7) is 9.96. The number of aryl methyl sites for hydroxylation is 3. The Morgan fingerprint density at radius 2 is 1.81 bits per heavy atom. The van der Waals surface area contributed by atoms with Gasteiger partial charge in [0.05, 0.1) is 6.04 Å². The molecule has 0 aromatic heterocycles. The number of hydrogen-bond acceptors (Lipinski definition) is 4. The molecule has 0 aliphatic carbocycles. The smallest absolute Gasteiger partial charge is 0.242 e. The molecular formula is C26H35N3O3. The molecule has 2 amide bonds. The molecule has 0 heterocycles. The summed E-state index contributed by atoms with van der Waals surface area (Å²) in [5.74, 6) is -0.323. The number of benzene rings is 2. The number of phenols is 1. The van der Waals surface area contributed by atoms with Crippen molar-refractivity contribution in [2.24, 2.45) is 5.73 Å². The largest absolute Gasteiger partial charge is 0.508 e. The molecule has 2 rings (SSSR count). The number of phenolic OH excluding ortho intramolecular Hbond substituents is 1. The number of aromatic hydroxyl groups is 1. The molecule has 0 saturated heterocycles. The predicted octanol–water partition coefficient (Wildman–Crippen LogP) is 3.03. The Morgan fingerprint density at radius 3 is 2.41 bits per heavy atom. The van der Waals surface area contributed by atoms with E-state index in [1.807, 2.05) is 32.0 Å². The molecule has 0 radical (unpaired) electrons. The first-order valence-electron chi connectivity index (χ1n) is 11.0. The van der Waals surface area contributed by atoms with Gasteiger partial charge in [-0.2, -0.15) is 0 Å². The highest BCUT2D eigenvalue weighted by Crippen LogP contribution is 2.22. The molecule has 172 valence electrons. The van der Waals surface area contributed by atoms with Crippen molar-refractivity contribution in [1.82, 2.24) is 10.2 Å². The number of rotatable bonds is 11. The van der Waals surface area contributed by atoms with Crippen molar-refractivity contribution in [2.75, 3.05) is 13.1 Å². The lowest BCUT2D eigenvalue weighted by atomic mass is 9.95. The third-order valence-corrected chi connectivity index (χ3v) is 5.66. The number of carbonyl (C=O) groups is 2. The van der Waals surface area contributed by atoms with Gasteiger partial charge < -0.3 is 21.1 Å². The second-order valence-corrected chi connectivity index (χ2v) is 8.20. The van der Waals surface area contributed by atoms with E-state index in [1.54, 1.807) is 25.1 Å². The highest BCUT2D eigenvalue weighted by atomic mass is 16.3. The highest BCUT2D eigenvalue weighted by molar-refractivity contribution is 5.89. The fourth-order valence-electron chi connectivity index (χ4n) is 3.83. The lowest BCUT2D eigenvalue weighted by molar-refractivity contribution is -0.140. The Balaban J connectivity index is 1.96. The van der Waals surface area contributed by atoms with Crippen molar-refractivity contribution >= 4 is 11.8 Å². The lowest BCUT2D eigenvalue weighted by Gasteiger charge is -2.30. The maximum absolute atomic E-state index is 13.1. The highest BCUT2D eigenvalue weighted by Gasteiger charge is 2.29. The molecule has 6 heteroatoms. The van der Waals surface area contributed by atoms with Crippen LogP contribution >= 0.6 is 0 Å². The SMILES string of the molecule is C=CCN(C(=O)[C@H](N)Cc1c(C)cc(O)cc1C)[C@H](C)C(=O)NCCCc1ccccc1. The maximum atomic E-state index is 13.1. The Hall–Kier alpha value is -3.12. The van der Waals surface area contributed by atoms with Crippen LogP contribution in [-0.2, 0) is 22.4 Å². The van der Waals surface area contributed by atoms with Crippen LogP contribution in [0.2, 0.25) is 0 Å². The molecule has 0 fully saturated rings. The van der Waals surface area contributed by atoms with Crippen LogP contribution in [0.25, 0.3) is 0 Å². The molecule has 2 atom stereocenters. The minimum Gasteiger partial charge on any atom is -0.508 e. The fourth-order valence-corrected chi connectivity index (χ4v) is 3.83. The van der Waals surface area contributed by atoms with Crippen LogP contribution < -0.4 is 11.1 Å². The average Bonchev–Trinajstić information content (AvgIpc) is 2.77. The van der Waals surface area contributed by atoms with Gasteiger partial charge in [-0.1, -0.05) is 36.4 Å². The van der Waals surface area contributed by atoms with E-state index >= 15 is 0 Å². The number of carbonyl (C=O) groups excluding carboxylic acids is 2. The van der Waals surface area contributed by atoms with Crippen molar-refractivity contribution in [1.29, 1.82) is 0 Å². The van der Waals surface area contributed by atoms with Gasteiger partial charge in [-0.25, -0.2) is 0 Å². The van der Waals surface area contributed by atoms with E-state index in [0.29, 0.717) is 13.0 Å². The van der Waals surface area contributed by atoms with Crippen LogP contribution in [-0.4, -0.2) is 47.0 Å². The van der Waals surface area contributed by atoms with E-state index < -0.39 is 12.1 Å². The van der Waals surface area contributed by atoms with Crippen LogP contribution in [0.5, 0.6) is 5.75 Å². The monoisotopic (exact) mass is 437 g/mol. The van der Waals surface area contributed by atoms with Crippen LogP contribution in [0.3, 0.4) is 0 Å². The van der Waals surface area contributed by atoms with Crippen LogP contribution in [0.4, 0.5) is 0 Å². The normalized spacial score (nSPS) is 12.6. The number of nitrogens with zero attached hydrogens (tertiary/aromatic N) is 1. The zero-order chi connectivity index (χ0) is 23.7. The zero-order valence-electron chi connectivity index (χ0n) is 19.3. The summed E-state index contributed by atoms with van der Waals surface area (Å²) < 4.78 is 0. The number of hydrogen-bond donors (Lipinski definition) is 3. The Morgan fingerprint density at radius 1 is 1.19 bits per heavy atom. The third kappa shape index (κ3) is 6.95. The first-order valence-corrected chi connectivity index (χ1v) is 11.0. The van der Waals surface area contributed by atoms with Crippen LogP contribution in [0.15, 0.2) is 55.1 Å². The van der Waals surface area contributed by atoms with E-state index in [1.165, 1.54) is 10.5 Å². The van der Waals surface area contributed by atoms with Crippen molar-refractivity contribution in [2.45, 2.75) is 52.1 Å². The summed E-state index contributed by atoms with van der Waals surface area (Å²) in [6.07, 6.45) is 3.62. The molecule has 32 heavy (non-hydrogen) atoms. The topological polar surface area (TPSA) is 95.7 Å². The Labute approximate surface area is 191 Å². The van der Waals surface area contributed by atoms with Crippen molar-refractivity contribution < 1.29 is 14.7 Å². The fraction of sp³-hybridized carbons (Fsp3) is 0.385. The molecule has 4 N–H and O–H groups in total. The standard InChI is InChI=1S/C26H35N3O3/c1-5-14-29(20(4)25(31)28-13-9-12-21-10-7-6-8-11-21)26(32)24(27)17-23-18(2)15-22(30)16-19(23)3/h5-8,10-11,15-16,20,24,30H,1,9,12-14,17,27H2,2-4H3,(H,28,31)/t20-,24-/m1/s1.